The molecule has 4 nitrogen and oxygen atoms in total. The molecule has 0 bridgehead atoms. The lowest BCUT2D eigenvalue weighted by atomic mass is 9.79. The molecule has 2 heterocycles. The molecule has 1 atom stereocenters. The van der Waals surface area contributed by atoms with Crippen LogP contribution in [0, 0.1) is 6.92 Å². The number of hydrogen-bond donors (Lipinski definition) is 0. The normalized spacial score (nSPS) is 16.3. The fourth-order valence-electron chi connectivity index (χ4n) is 4.39. The number of carbonyl (C=O) groups is 1. The Bertz CT molecular complexity index is 970. The number of benzene rings is 1. The Labute approximate surface area is 160 Å². The first-order valence-corrected chi connectivity index (χ1v) is 9.96. The molecule has 4 heteroatoms. The maximum absolute atomic E-state index is 13.2. The number of aromatic nitrogens is 2. The molecule has 4 rings (SSSR count). The van der Waals surface area contributed by atoms with E-state index in [1.165, 1.54) is 16.7 Å². The number of nitrogens with zero attached hydrogens (tertiary/aromatic N) is 3. The van der Waals surface area contributed by atoms with E-state index in [2.05, 4.69) is 34.7 Å². The van der Waals surface area contributed by atoms with Crippen molar-refractivity contribution < 1.29 is 4.79 Å². The average Bonchev–Trinajstić information content (AvgIpc) is 3.09. The van der Waals surface area contributed by atoms with Gasteiger partial charge in [-0.25, -0.2) is 4.98 Å². The zero-order chi connectivity index (χ0) is 19.0. The van der Waals surface area contributed by atoms with E-state index in [1.54, 1.807) is 0 Å². The molecule has 140 valence electrons. The number of carbonyl (C=O) groups excluding carboxylic acids is 1. The van der Waals surface area contributed by atoms with Crippen molar-refractivity contribution in [1.29, 1.82) is 0 Å². The molecule has 0 aliphatic heterocycles. The highest BCUT2D eigenvalue weighted by atomic mass is 16.2. The first-order valence-electron chi connectivity index (χ1n) is 9.96. The van der Waals surface area contributed by atoms with Crippen molar-refractivity contribution in [2.45, 2.75) is 46.0 Å². The van der Waals surface area contributed by atoms with E-state index in [4.69, 9.17) is 4.98 Å². The van der Waals surface area contributed by atoms with Crippen LogP contribution in [-0.2, 0) is 12.8 Å². The molecule has 1 amide bonds. The summed E-state index contributed by atoms with van der Waals surface area (Å²) in [5.41, 5.74) is 6.69. The van der Waals surface area contributed by atoms with Crippen LogP contribution in [-0.4, -0.2) is 33.3 Å². The second-order valence-electron chi connectivity index (χ2n) is 7.44. The minimum atomic E-state index is 0.141. The summed E-state index contributed by atoms with van der Waals surface area (Å²) in [5, 5.41) is 0. The largest absolute Gasteiger partial charge is 0.339 e. The molecule has 0 spiro atoms. The van der Waals surface area contributed by atoms with Gasteiger partial charge in [-0.1, -0.05) is 30.3 Å². The van der Waals surface area contributed by atoms with Gasteiger partial charge in [0.05, 0.1) is 11.3 Å². The average molecular weight is 361 g/mol. The third-order valence-corrected chi connectivity index (χ3v) is 5.83. The molecule has 2 aromatic heterocycles. The van der Waals surface area contributed by atoms with Gasteiger partial charge in [-0.3, -0.25) is 4.79 Å². The molecule has 0 radical (unpaired) electrons. The Balaban J connectivity index is 1.83. The summed E-state index contributed by atoms with van der Waals surface area (Å²) in [6, 6.07) is 10.7. The predicted octanol–water partition coefficient (Wildman–Crippen LogP) is 4.40. The monoisotopic (exact) mass is 361 g/mol. The number of amides is 1. The third kappa shape index (κ3) is 3.14. The minimum Gasteiger partial charge on any atom is -0.339 e. The van der Waals surface area contributed by atoms with E-state index in [-0.39, 0.29) is 5.91 Å². The molecule has 1 unspecified atom stereocenters. The van der Waals surface area contributed by atoms with Crippen molar-refractivity contribution in [2.24, 2.45) is 0 Å². The third-order valence-electron chi connectivity index (χ3n) is 5.83. The SMILES string of the molecule is CCN(CC)C(=O)c1cn2cc(C)nc2c2c1CCC(c1ccccc1)C2. The maximum Gasteiger partial charge on any atom is 0.255 e. The lowest BCUT2D eigenvalue weighted by Crippen LogP contribution is -2.32. The summed E-state index contributed by atoms with van der Waals surface area (Å²) in [6.07, 6.45) is 6.97. The summed E-state index contributed by atoms with van der Waals surface area (Å²) in [6.45, 7) is 7.57. The van der Waals surface area contributed by atoms with E-state index in [9.17, 15) is 4.79 Å². The van der Waals surface area contributed by atoms with E-state index in [1.807, 2.05) is 38.1 Å². The highest BCUT2D eigenvalue weighted by molar-refractivity contribution is 5.96. The first kappa shape index (κ1) is 17.8. The van der Waals surface area contributed by atoms with E-state index in [0.29, 0.717) is 5.92 Å². The van der Waals surface area contributed by atoms with E-state index < -0.39 is 0 Å². The van der Waals surface area contributed by atoms with Crippen LogP contribution in [0.15, 0.2) is 42.7 Å². The Kier molecular flexibility index (Phi) is 4.73. The lowest BCUT2D eigenvalue weighted by molar-refractivity contribution is 0.0771. The Morgan fingerprint density at radius 3 is 2.59 bits per heavy atom. The van der Waals surface area contributed by atoms with Gasteiger partial charge in [0, 0.05) is 25.5 Å². The molecule has 3 aromatic rings. The topological polar surface area (TPSA) is 37.6 Å². The molecule has 1 aromatic carbocycles. The van der Waals surface area contributed by atoms with Gasteiger partial charge >= 0.3 is 0 Å². The Morgan fingerprint density at radius 1 is 1.15 bits per heavy atom. The summed E-state index contributed by atoms with van der Waals surface area (Å²) in [7, 11) is 0. The molecule has 1 aliphatic carbocycles. The summed E-state index contributed by atoms with van der Waals surface area (Å²) in [4.78, 5) is 19.9. The molecule has 0 fully saturated rings. The van der Waals surface area contributed by atoms with Gasteiger partial charge in [-0.05, 0) is 62.6 Å². The predicted molar refractivity (Wildman–Crippen MR) is 108 cm³/mol. The standard InChI is InChI=1S/C23H27N3O/c1-4-25(5-2)23(27)21-15-26-14-16(3)24-22(26)20-13-18(11-12-19(20)21)17-9-7-6-8-10-17/h6-10,14-15,18H,4-5,11-13H2,1-3H3. The minimum absolute atomic E-state index is 0.141. The summed E-state index contributed by atoms with van der Waals surface area (Å²) >= 11 is 0. The molecule has 0 N–H and O–H groups in total. The fraction of sp³-hybridized carbons (Fsp3) is 0.391. The Hall–Kier alpha value is -2.62. The quantitative estimate of drug-likeness (QED) is 0.691. The van der Waals surface area contributed by atoms with Crippen molar-refractivity contribution in [3.63, 3.8) is 0 Å². The van der Waals surface area contributed by atoms with Crippen LogP contribution in [0.1, 0.15) is 58.9 Å². The molecular formula is C23H27N3O. The zero-order valence-electron chi connectivity index (χ0n) is 16.4. The number of imidazole rings is 1. The van der Waals surface area contributed by atoms with Crippen LogP contribution in [0.3, 0.4) is 0 Å². The summed E-state index contributed by atoms with van der Waals surface area (Å²) in [5.74, 6) is 0.626. The zero-order valence-corrected chi connectivity index (χ0v) is 16.4. The van der Waals surface area contributed by atoms with Gasteiger partial charge in [-0.2, -0.15) is 0 Å². The maximum atomic E-state index is 13.2. The molecule has 1 aliphatic rings. The number of aryl methyl sites for hydroxylation is 1. The van der Waals surface area contributed by atoms with Crippen molar-refractivity contribution in [3.8, 4) is 0 Å². The van der Waals surface area contributed by atoms with Gasteiger partial charge in [-0.15, -0.1) is 0 Å². The molecule has 0 saturated heterocycles. The van der Waals surface area contributed by atoms with Crippen LogP contribution in [0.2, 0.25) is 0 Å². The molecule has 27 heavy (non-hydrogen) atoms. The smallest absolute Gasteiger partial charge is 0.255 e. The lowest BCUT2D eigenvalue weighted by Gasteiger charge is -2.28. The van der Waals surface area contributed by atoms with Gasteiger partial charge < -0.3 is 9.30 Å². The second-order valence-corrected chi connectivity index (χ2v) is 7.44. The van der Waals surface area contributed by atoms with Gasteiger partial charge in [0.1, 0.15) is 5.65 Å². The number of rotatable bonds is 4. The Morgan fingerprint density at radius 2 is 1.89 bits per heavy atom. The van der Waals surface area contributed by atoms with Gasteiger partial charge in [0.2, 0.25) is 0 Å². The van der Waals surface area contributed by atoms with Gasteiger partial charge in [0.25, 0.3) is 5.91 Å². The van der Waals surface area contributed by atoms with E-state index >= 15 is 0 Å². The summed E-state index contributed by atoms with van der Waals surface area (Å²) < 4.78 is 2.05. The van der Waals surface area contributed by atoms with Crippen LogP contribution in [0.4, 0.5) is 0 Å². The second kappa shape index (κ2) is 7.18. The van der Waals surface area contributed by atoms with Crippen molar-refractivity contribution in [1.82, 2.24) is 14.3 Å². The fourth-order valence-corrected chi connectivity index (χ4v) is 4.39. The van der Waals surface area contributed by atoms with E-state index in [0.717, 1.165) is 49.3 Å². The van der Waals surface area contributed by atoms with Crippen molar-refractivity contribution >= 4 is 11.6 Å². The van der Waals surface area contributed by atoms with Crippen LogP contribution >= 0.6 is 0 Å². The van der Waals surface area contributed by atoms with Crippen molar-refractivity contribution in [2.75, 3.05) is 13.1 Å². The van der Waals surface area contributed by atoms with Crippen LogP contribution in [0.25, 0.3) is 5.65 Å². The van der Waals surface area contributed by atoms with Crippen LogP contribution < -0.4 is 0 Å². The number of fused-ring (bicyclic) bond motifs is 3. The highest BCUT2D eigenvalue weighted by Crippen LogP contribution is 2.36. The van der Waals surface area contributed by atoms with Crippen molar-refractivity contribution in [3.05, 3.63) is 70.7 Å². The number of pyridine rings is 1. The van der Waals surface area contributed by atoms with Gasteiger partial charge in [0.15, 0.2) is 0 Å². The molecular weight excluding hydrogens is 334 g/mol. The highest BCUT2D eigenvalue weighted by Gasteiger charge is 2.28. The molecule has 0 saturated carbocycles. The number of hydrogen-bond acceptors (Lipinski definition) is 2. The first-order chi connectivity index (χ1) is 13.1. The van der Waals surface area contributed by atoms with Crippen LogP contribution in [0.5, 0.6) is 0 Å².